The van der Waals surface area contributed by atoms with Crippen LogP contribution in [0, 0.1) is 18.3 Å². The number of anilines is 1. The van der Waals surface area contributed by atoms with Gasteiger partial charge in [-0.05, 0) is 43.4 Å². The Labute approximate surface area is 221 Å². The van der Waals surface area contributed by atoms with Gasteiger partial charge in [0.1, 0.15) is 24.0 Å². The zero-order valence-electron chi connectivity index (χ0n) is 21.9. The average molecular weight is 519 g/mol. The van der Waals surface area contributed by atoms with Crippen LogP contribution in [-0.2, 0) is 11.4 Å². The molecule has 0 bridgehead atoms. The molecule has 0 aliphatic carbocycles. The third-order valence-electron chi connectivity index (χ3n) is 6.03. The molecule has 0 saturated carbocycles. The van der Waals surface area contributed by atoms with E-state index >= 15 is 0 Å². The number of amidine groups is 1. The first-order valence-corrected chi connectivity index (χ1v) is 12.7. The van der Waals surface area contributed by atoms with Gasteiger partial charge < -0.3 is 15.4 Å². The molecule has 5 N–H and O–H groups in total. The van der Waals surface area contributed by atoms with Crippen molar-refractivity contribution in [2.45, 2.75) is 46.6 Å². The van der Waals surface area contributed by atoms with Gasteiger partial charge in [0.25, 0.3) is 0 Å². The number of ether oxygens (including phenoxy) is 1. The Balaban J connectivity index is 1.41. The molecule has 0 unspecified atom stereocenters. The summed E-state index contributed by atoms with van der Waals surface area (Å²) in [4.78, 5) is 16.6. The fourth-order valence-corrected chi connectivity index (χ4v) is 4.09. The Bertz CT molecular complexity index is 1420. The molecule has 2 heterocycles. The number of nitrogens with one attached hydrogen (secondary N) is 4. The average Bonchev–Trinajstić information content (AvgIpc) is 3.30. The fraction of sp³-hybridized carbons (Fsp3) is 0.370. The van der Waals surface area contributed by atoms with Crippen LogP contribution in [0.5, 0.6) is 5.75 Å². The van der Waals surface area contributed by atoms with E-state index in [-0.39, 0.29) is 11.7 Å². The Morgan fingerprint density at radius 1 is 1.11 bits per heavy atom. The number of hydrogen-bond donors (Lipinski definition) is 5. The van der Waals surface area contributed by atoms with Gasteiger partial charge in [0, 0.05) is 31.1 Å². The van der Waals surface area contributed by atoms with Crippen molar-refractivity contribution < 1.29 is 14.7 Å². The van der Waals surface area contributed by atoms with Crippen molar-refractivity contribution in [2.24, 2.45) is 5.92 Å². The highest BCUT2D eigenvalue weighted by Crippen LogP contribution is 2.25. The lowest BCUT2D eigenvalue weighted by molar-refractivity contribution is -0.121. The number of nitrogens with zero attached hydrogens (tertiary/aromatic N) is 4. The van der Waals surface area contributed by atoms with Crippen molar-refractivity contribution in [3.05, 3.63) is 59.4 Å². The first kappa shape index (κ1) is 26.8. The molecule has 38 heavy (non-hydrogen) atoms. The smallest absolute Gasteiger partial charge is 0.220 e. The first-order valence-electron chi connectivity index (χ1n) is 12.7. The molecule has 0 saturated heterocycles. The predicted molar refractivity (Wildman–Crippen MR) is 146 cm³/mol. The molecule has 200 valence electrons. The molecule has 0 spiro atoms. The van der Waals surface area contributed by atoms with Crippen molar-refractivity contribution in [1.29, 1.82) is 5.41 Å². The zero-order valence-corrected chi connectivity index (χ0v) is 21.9. The molecule has 11 nitrogen and oxygen atoms in total. The van der Waals surface area contributed by atoms with Crippen LogP contribution in [-0.4, -0.2) is 49.6 Å². The topological polar surface area (TPSA) is 150 Å². The number of aryl methyl sites for hydroxylation is 1. The Hall–Kier alpha value is -4.25. The summed E-state index contributed by atoms with van der Waals surface area (Å²) >= 11 is 0. The van der Waals surface area contributed by atoms with Gasteiger partial charge in [-0.25, -0.2) is 4.98 Å². The van der Waals surface area contributed by atoms with Crippen LogP contribution < -0.4 is 20.9 Å². The van der Waals surface area contributed by atoms with Gasteiger partial charge in [-0.1, -0.05) is 38.1 Å². The maximum absolute atomic E-state index is 11.8. The number of fused-ring (bicyclic) bond motifs is 3. The first-order chi connectivity index (χ1) is 18.4. The Morgan fingerprint density at radius 2 is 1.87 bits per heavy atom. The third-order valence-corrected chi connectivity index (χ3v) is 6.03. The Kier molecular flexibility index (Phi) is 8.70. The highest BCUT2D eigenvalue weighted by atomic mass is 16.5. The number of amides is 1. The summed E-state index contributed by atoms with van der Waals surface area (Å²) in [5.74, 6) is 2.47. The maximum Gasteiger partial charge on any atom is 0.220 e. The van der Waals surface area contributed by atoms with Crippen LogP contribution in [0.1, 0.15) is 50.1 Å². The number of unbranched alkanes of at least 4 members (excludes halogenated alkanes) is 1. The van der Waals surface area contributed by atoms with E-state index in [2.05, 4.69) is 20.8 Å². The van der Waals surface area contributed by atoms with Crippen LogP contribution in [0.15, 0.2) is 42.5 Å². The van der Waals surface area contributed by atoms with Gasteiger partial charge in [-0.15, -0.1) is 10.2 Å². The third kappa shape index (κ3) is 6.54. The van der Waals surface area contributed by atoms with E-state index in [1.54, 1.807) is 12.1 Å². The van der Waals surface area contributed by atoms with E-state index < -0.39 is 0 Å². The minimum Gasteiger partial charge on any atom is -0.489 e. The lowest BCUT2D eigenvalue weighted by atomic mass is 10.1. The van der Waals surface area contributed by atoms with Gasteiger partial charge in [-0.3, -0.25) is 25.3 Å². The van der Waals surface area contributed by atoms with Gasteiger partial charge in [0.05, 0.1) is 11.0 Å². The van der Waals surface area contributed by atoms with Crippen LogP contribution >= 0.6 is 0 Å². The second-order valence-electron chi connectivity index (χ2n) is 9.57. The minimum absolute atomic E-state index is 0.0634. The number of aromatic nitrogens is 4. The lowest BCUT2D eigenvalue weighted by Crippen LogP contribution is -2.25. The van der Waals surface area contributed by atoms with Gasteiger partial charge in [0.15, 0.2) is 5.82 Å². The van der Waals surface area contributed by atoms with Crippen LogP contribution in [0.3, 0.4) is 0 Å². The SMILES string of the molecule is Cc1nnc2c(NCCCCNC(=O)CC(C)C)nc3cc(OCc4ccc(C(=N)NO)cc4)ccc3n12. The summed E-state index contributed by atoms with van der Waals surface area (Å²) in [5, 5.41) is 31.4. The summed E-state index contributed by atoms with van der Waals surface area (Å²) in [5.41, 5.74) is 5.64. The highest BCUT2D eigenvalue weighted by molar-refractivity contribution is 5.95. The second-order valence-corrected chi connectivity index (χ2v) is 9.57. The van der Waals surface area contributed by atoms with E-state index in [0.29, 0.717) is 54.8 Å². The molecule has 2 aromatic carbocycles. The molecule has 0 radical (unpaired) electrons. The quantitative estimate of drug-likeness (QED) is 0.0822. The van der Waals surface area contributed by atoms with E-state index in [1.165, 1.54) is 0 Å². The molecule has 11 heteroatoms. The van der Waals surface area contributed by atoms with Gasteiger partial charge in [0.2, 0.25) is 11.6 Å². The number of benzene rings is 2. The van der Waals surface area contributed by atoms with Crippen LogP contribution in [0.25, 0.3) is 16.7 Å². The molecular formula is C27H34N8O3. The monoisotopic (exact) mass is 518 g/mol. The molecule has 0 aliphatic rings. The van der Waals surface area contributed by atoms with E-state index in [1.807, 2.05) is 61.0 Å². The van der Waals surface area contributed by atoms with Crippen LogP contribution in [0.4, 0.5) is 5.82 Å². The van der Waals surface area contributed by atoms with E-state index in [0.717, 1.165) is 35.3 Å². The number of hydroxylamine groups is 1. The van der Waals surface area contributed by atoms with Gasteiger partial charge >= 0.3 is 0 Å². The molecule has 4 rings (SSSR count). The molecule has 1 amide bonds. The van der Waals surface area contributed by atoms with Crippen LogP contribution in [0.2, 0.25) is 0 Å². The van der Waals surface area contributed by atoms with Crippen molar-refractivity contribution >= 4 is 34.2 Å². The summed E-state index contributed by atoms with van der Waals surface area (Å²) in [6, 6.07) is 12.9. The molecule has 2 aromatic heterocycles. The molecular weight excluding hydrogens is 484 g/mol. The van der Waals surface area contributed by atoms with E-state index in [9.17, 15) is 4.79 Å². The zero-order chi connectivity index (χ0) is 27.1. The summed E-state index contributed by atoms with van der Waals surface area (Å²) in [6.45, 7) is 7.67. The second kappa shape index (κ2) is 12.3. The largest absolute Gasteiger partial charge is 0.489 e. The van der Waals surface area contributed by atoms with Crippen molar-refractivity contribution in [3.8, 4) is 5.75 Å². The normalized spacial score (nSPS) is 11.2. The number of rotatable bonds is 12. The van der Waals surface area contributed by atoms with Crippen molar-refractivity contribution in [2.75, 3.05) is 18.4 Å². The summed E-state index contributed by atoms with van der Waals surface area (Å²) in [7, 11) is 0. The molecule has 0 atom stereocenters. The minimum atomic E-state index is -0.0634. The number of carbonyl (C=O) groups excluding carboxylic acids is 1. The summed E-state index contributed by atoms with van der Waals surface area (Å²) < 4.78 is 7.98. The van der Waals surface area contributed by atoms with E-state index in [4.69, 9.17) is 20.3 Å². The Morgan fingerprint density at radius 3 is 2.61 bits per heavy atom. The molecule has 0 aliphatic heterocycles. The maximum atomic E-state index is 11.8. The highest BCUT2D eigenvalue weighted by Gasteiger charge is 2.14. The molecule has 0 fully saturated rings. The summed E-state index contributed by atoms with van der Waals surface area (Å²) in [6.07, 6.45) is 2.29. The standard InChI is InChI=1S/C27H34N8O3/c1-17(2)14-24(36)29-12-4-5-13-30-26-27-33-32-18(3)35(27)23-11-10-21(15-22(23)31-26)38-16-19-6-8-20(9-7-19)25(28)34-37/h6-11,15,17,37H,4-5,12-14,16H2,1-3H3,(H2,28,34)(H,29,36)(H,30,31). The van der Waals surface area contributed by atoms with Crippen molar-refractivity contribution in [3.63, 3.8) is 0 Å². The fourth-order valence-electron chi connectivity index (χ4n) is 4.09. The predicted octanol–water partition coefficient (Wildman–Crippen LogP) is 3.82. The van der Waals surface area contributed by atoms with Crippen molar-refractivity contribution in [1.82, 2.24) is 30.4 Å². The number of carbonyl (C=O) groups is 1. The number of hydrogen-bond acceptors (Lipinski definition) is 8. The molecule has 4 aromatic rings. The lowest BCUT2D eigenvalue weighted by Gasteiger charge is -2.12. The van der Waals surface area contributed by atoms with Gasteiger partial charge in [-0.2, -0.15) is 0 Å².